The minimum atomic E-state index is -2.86. The molecule has 0 aromatic heterocycles. The summed E-state index contributed by atoms with van der Waals surface area (Å²) in [5, 5.41) is 0. The Morgan fingerprint density at radius 3 is 1.29 bits per heavy atom. The van der Waals surface area contributed by atoms with Crippen molar-refractivity contribution in [3.8, 4) is 0 Å². The minimum Gasteiger partial charge on any atom is -0.227 e. The Hall–Kier alpha value is -0.880. The van der Waals surface area contributed by atoms with E-state index in [9.17, 15) is 16.8 Å². The van der Waals surface area contributed by atoms with Crippen LogP contribution in [0.1, 0.15) is 11.1 Å². The van der Waals surface area contributed by atoms with E-state index in [1.165, 1.54) is 12.1 Å². The Kier molecular flexibility index (Phi) is 3.28. The third-order valence-corrected chi connectivity index (χ3v) is 3.69. The molecule has 0 saturated heterocycles. The molecule has 0 heterocycles. The van der Waals surface area contributed by atoms with Crippen molar-refractivity contribution >= 4 is 21.4 Å². The molecule has 0 radical (unpaired) electrons. The summed E-state index contributed by atoms with van der Waals surface area (Å²) in [4.78, 5) is -0.251. The summed E-state index contributed by atoms with van der Waals surface area (Å²) in [6.45, 7) is 3.47. The maximum absolute atomic E-state index is 10.8. The van der Waals surface area contributed by atoms with Crippen LogP contribution in [0.5, 0.6) is 0 Å². The van der Waals surface area contributed by atoms with E-state index >= 15 is 0 Å². The fraction of sp³-hybridized carbons (Fsp3) is 0.250. The summed E-state index contributed by atoms with van der Waals surface area (Å²) in [5.74, 6) is 0. The van der Waals surface area contributed by atoms with Crippen LogP contribution < -0.4 is 0 Å². The van der Waals surface area contributed by atoms with E-state index in [0.717, 1.165) is 11.1 Å². The number of hydrogen-bond donors (Lipinski definition) is 2. The topological polar surface area (TPSA) is 68.3 Å². The van der Waals surface area contributed by atoms with Crippen LogP contribution in [0.25, 0.3) is 0 Å². The summed E-state index contributed by atoms with van der Waals surface area (Å²) in [6.07, 6.45) is 0. The molecule has 1 rings (SSSR count). The Morgan fingerprint density at radius 2 is 1.07 bits per heavy atom. The van der Waals surface area contributed by atoms with Crippen molar-refractivity contribution in [2.24, 2.45) is 0 Å². The zero-order chi connectivity index (χ0) is 10.9. The number of rotatable bonds is 2. The molecule has 0 aliphatic heterocycles. The average Bonchev–Trinajstić information content (AvgIpc) is 2.08. The lowest BCUT2D eigenvalue weighted by Gasteiger charge is -2.02. The fourth-order valence-electron chi connectivity index (χ4n) is 1.08. The summed E-state index contributed by atoms with van der Waals surface area (Å²) in [5.41, 5.74) is 1.53. The lowest BCUT2D eigenvalue weighted by Crippen LogP contribution is -1.94. The second kappa shape index (κ2) is 4.10. The first kappa shape index (κ1) is 11.2. The van der Waals surface area contributed by atoms with Crippen molar-refractivity contribution in [3.05, 3.63) is 23.3 Å². The van der Waals surface area contributed by atoms with Crippen LogP contribution in [0.3, 0.4) is 0 Å². The van der Waals surface area contributed by atoms with Crippen LogP contribution >= 0.6 is 0 Å². The standard InChI is InChI=1S/C8H10O4S2/c1-5-3-7(13(9)10)8(14(11)12)4-6(5)2/h3-4,13-14H,1-2H3. The highest BCUT2D eigenvalue weighted by Gasteiger charge is 2.09. The normalized spacial score (nSPS) is 11.1. The number of aryl methyl sites for hydroxylation is 2. The average molecular weight is 234 g/mol. The molecule has 0 bridgehead atoms. The van der Waals surface area contributed by atoms with Gasteiger partial charge >= 0.3 is 0 Å². The third-order valence-electron chi connectivity index (χ3n) is 1.98. The Morgan fingerprint density at radius 1 is 0.786 bits per heavy atom. The molecule has 78 valence electrons. The van der Waals surface area contributed by atoms with Crippen LogP contribution in [0.4, 0.5) is 0 Å². The van der Waals surface area contributed by atoms with Gasteiger partial charge < -0.3 is 0 Å². The van der Waals surface area contributed by atoms with Gasteiger partial charge in [-0.3, -0.25) is 0 Å². The van der Waals surface area contributed by atoms with E-state index in [-0.39, 0.29) is 9.79 Å². The van der Waals surface area contributed by atoms with E-state index in [2.05, 4.69) is 0 Å². The van der Waals surface area contributed by atoms with Gasteiger partial charge in [-0.25, -0.2) is 16.8 Å². The van der Waals surface area contributed by atoms with Gasteiger partial charge in [-0.1, -0.05) is 0 Å². The second-order valence-corrected chi connectivity index (χ2v) is 4.93. The smallest absolute Gasteiger partial charge is 0.169 e. The van der Waals surface area contributed by atoms with E-state index in [1.54, 1.807) is 13.8 Å². The van der Waals surface area contributed by atoms with E-state index in [0.29, 0.717) is 0 Å². The van der Waals surface area contributed by atoms with Crippen molar-refractivity contribution < 1.29 is 16.8 Å². The molecule has 1 aromatic carbocycles. The van der Waals surface area contributed by atoms with Gasteiger partial charge in [-0.05, 0) is 37.1 Å². The summed E-state index contributed by atoms with van der Waals surface area (Å²) in [6, 6.07) is 2.75. The number of thiol groups is 2. The molecule has 0 aliphatic carbocycles. The molecule has 4 nitrogen and oxygen atoms in total. The monoisotopic (exact) mass is 234 g/mol. The van der Waals surface area contributed by atoms with Crippen LogP contribution in [0.15, 0.2) is 21.9 Å². The summed E-state index contributed by atoms with van der Waals surface area (Å²) >= 11 is 0. The first-order valence-electron chi connectivity index (χ1n) is 3.83. The predicted molar refractivity (Wildman–Crippen MR) is 53.1 cm³/mol. The van der Waals surface area contributed by atoms with Gasteiger partial charge in [0.05, 0.1) is 9.79 Å². The zero-order valence-corrected chi connectivity index (χ0v) is 9.47. The highest BCUT2D eigenvalue weighted by molar-refractivity contribution is 7.75. The molecule has 0 amide bonds. The molecule has 0 unspecified atom stereocenters. The molecule has 0 N–H and O–H groups in total. The van der Waals surface area contributed by atoms with Crippen molar-refractivity contribution in [1.29, 1.82) is 0 Å². The lowest BCUT2D eigenvalue weighted by atomic mass is 10.1. The quantitative estimate of drug-likeness (QED) is 0.719. The van der Waals surface area contributed by atoms with E-state index < -0.39 is 21.4 Å². The molecular weight excluding hydrogens is 224 g/mol. The SMILES string of the molecule is Cc1cc([SH](=O)=O)c([SH](=O)=O)cc1C. The van der Waals surface area contributed by atoms with Crippen molar-refractivity contribution in [1.82, 2.24) is 0 Å². The third kappa shape index (κ3) is 2.13. The highest BCUT2D eigenvalue weighted by atomic mass is 32.2. The molecule has 6 heteroatoms. The van der Waals surface area contributed by atoms with Crippen LogP contribution in [-0.4, -0.2) is 16.8 Å². The van der Waals surface area contributed by atoms with Crippen molar-refractivity contribution in [2.75, 3.05) is 0 Å². The maximum atomic E-state index is 10.8. The molecular formula is C8H10O4S2. The van der Waals surface area contributed by atoms with E-state index in [4.69, 9.17) is 0 Å². The van der Waals surface area contributed by atoms with Gasteiger partial charge in [0.2, 0.25) is 0 Å². The van der Waals surface area contributed by atoms with Crippen molar-refractivity contribution in [3.63, 3.8) is 0 Å². The maximum Gasteiger partial charge on any atom is 0.169 e. The summed E-state index contributed by atoms with van der Waals surface area (Å²) < 4.78 is 43.0. The molecule has 0 aliphatic rings. The fourth-order valence-corrected chi connectivity index (χ4v) is 2.67. The largest absolute Gasteiger partial charge is 0.227 e. The van der Waals surface area contributed by atoms with E-state index in [1.807, 2.05) is 0 Å². The van der Waals surface area contributed by atoms with Gasteiger partial charge in [0.25, 0.3) is 0 Å². The van der Waals surface area contributed by atoms with Gasteiger partial charge in [-0.2, -0.15) is 0 Å². The number of hydrogen-bond acceptors (Lipinski definition) is 4. The molecule has 1 aromatic rings. The van der Waals surface area contributed by atoms with Crippen LogP contribution in [-0.2, 0) is 21.4 Å². The zero-order valence-electron chi connectivity index (χ0n) is 7.68. The first-order valence-corrected chi connectivity index (χ1v) is 6.19. The van der Waals surface area contributed by atoms with Gasteiger partial charge in [0.1, 0.15) is 0 Å². The molecule has 0 spiro atoms. The minimum absolute atomic E-state index is 0.126. The van der Waals surface area contributed by atoms with Gasteiger partial charge in [0, 0.05) is 0 Å². The van der Waals surface area contributed by atoms with Gasteiger partial charge in [-0.15, -0.1) is 0 Å². The lowest BCUT2D eigenvalue weighted by molar-refractivity contribution is 0.602. The van der Waals surface area contributed by atoms with Crippen molar-refractivity contribution in [2.45, 2.75) is 23.6 Å². The molecule has 0 fully saturated rings. The Labute approximate surface area is 85.5 Å². The molecule has 14 heavy (non-hydrogen) atoms. The highest BCUT2D eigenvalue weighted by Crippen LogP contribution is 2.18. The molecule has 0 atom stereocenters. The Bertz CT molecular complexity index is 449. The van der Waals surface area contributed by atoms with Crippen LogP contribution in [0, 0.1) is 13.8 Å². The second-order valence-electron chi connectivity index (χ2n) is 2.94. The predicted octanol–water partition coefficient (Wildman–Crippen LogP) is 0.244. The number of benzene rings is 1. The molecule has 0 saturated carbocycles. The summed E-state index contributed by atoms with van der Waals surface area (Å²) in [7, 11) is -5.72. The first-order chi connectivity index (χ1) is 6.43. The van der Waals surface area contributed by atoms with Crippen LogP contribution in [0.2, 0.25) is 0 Å². The van der Waals surface area contributed by atoms with Gasteiger partial charge in [0.15, 0.2) is 21.4 Å². The Balaban J connectivity index is 3.63.